The Kier molecular flexibility index (Phi) is 5.90. The van der Waals surface area contributed by atoms with Crippen molar-refractivity contribution in [1.82, 2.24) is 9.80 Å². The molecule has 4 nitrogen and oxygen atoms in total. The lowest BCUT2D eigenvalue weighted by atomic mass is 10.3. The molecular formula is C7H14ClN3OS. The number of carbonyl (C=O) groups is 1. The summed E-state index contributed by atoms with van der Waals surface area (Å²) in [7, 11) is 0. The van der Waals surface area contributed by atoms with Crippen molar-refractivity contribution in [3.63, 3.8) is 0 Å². The maximum atomic E-state index is 10.3. The molecule has 6 heteroatoms. The summed E-state index contributed by atoms with van der Waals surface area (Å²) in [5, 5.41) is 7.50. The van der Waals surface area contributed by atoms with Crippen molar-refractivity contribution >= 4 is 37.3 Å². The van der Waals surface area contributed by atoms with Crippen LogP contribution in [0.3, 0.4) is 0 Å². The standard InChI is InChI=1S/C7H13N3OS.ClH/c8-7(5-12)10-3-1-9(6-11)2-4-10;/h6,8,12H,1-5H2;1H. The zero-order valence-electron chi connectivity index (χ0n) is 7.27. The van der Waals surface area contributed by atoms with Crippen LogP contribution in [0.5, 0.6) is 0 Å². The molecule has 0 bridgehead atoms. The van der Waals surface area contributed by atoms with E-state index in [0.717, 1.165) is 32.6 Å². The van der Waals surface area contributed by atoms with Gasteiger partial charge in [0, 0.05) is 31.9 Å². The van der Waals surface area contributed by atoms with Gasteiger partial charge in [0.2, 0.25) is 6.41 Å². The second-order valence-electron chi connectivity index (χ2n) is 2.73. The Morgan fingerprint density at radius 2 is 1.92 bits per heavy atom. The van der Waals surface area contributed by atoms with Gasteiger partial charge in [-0.05, 0) is 0 Å². The Labute approximate surface area is 89.6 Å². The number of hydrogen-bond acceptors (Lipinski definition) is 3. The maximum Gasteiger partial charge on any atom is 0.209 e. The van der Waals surface area contributed by atoms with Crippen LogP contribution in [0.15, 0.2) is 0 Å². The third kappa shape index (κ3) is 3.44. The van der Waals surface area contributed by atoms with Crippen LogP contribution >= 0.6 is 25.0 Å². The first-order valence-corrected chi connectivity index (χ1v) is 4.53. The summed E-state index contributed by atoms with van der Waals surface area (Å²) >= 11 is 4.02. The summed E-state index contributed by atoms with van der Waals surface area (Å²) in [6.07, 6.45) is 0.863. The van der Waals surface area contributed by atoms with Gasteiger partial charge in [-0.15, -0.1) is 12.4 Å². The molecular weight excluding hydrogens is 210 g/mol. The highest BCUT2D eigenvalue weighted by Gasteiger charge is 2.16. The summed E-state index contributed by atoms with van der Waals surface area (Å²) in [5.74, 6) is 1.02. The number of nitrogens with zero attached hydrogens (tertiary/aromatic N) is 2. The minimum atomic E-state index is 0. The van der Waals surface area contributed by atoms with Crippen molar-refractivity contribution < 1.29 is 4.79 Å². The minimum Gasteiger partial charge on any atom is -0.356 e. The van der Waals surface area contributed by atoms with E-state index in [0.29, 0.717) is 11.6 Å². The van der Waals surface area contributed by atoms with E-state index < -0.39 is 0 Å². The zero-order valence-corrected chi connectivity index (χ0v) is 8.98. The Balaban J connectivity index is 0.00000144. The van der Waals surface area contributed by atoms with Crippen molar-refractivity contribution in [1.29, 1.82) is 5.41 Å². The molecule has 1 rings (SSSR count). The number of nitrogens with one attached hydrogen (secondary N) is 1. The molecule has 0 spiro atoms. The van der Waals surface area contributed by atoms with Gasteiger partial charge in [-0.3, -0.25) is 10.2 Å². The molecule has 0 aromatic heterocycles. The summed E-state index contributed by atoms with van der Waals surface area (Å²) in [4.78, 5) is 14.0. The summed E-state index contributed by atoms with van der Waals surface area (Å²) in [5.41, 5.74) is 0. The Hall–Kier alpha value is -0.420. The molecule has 1 aliphatic rings. The molecule has 0 saturated carbocycles. The lowest BCUT2D eigenvalue weighted by Gasteiger charge is -2.33. The third-order valence-electron chi connectivity index (χ3n) is 1.99. The molecule has 1 amide bonds. The fourth-order valence-electron chi connectivity index (χ4n) is 1.20. The second kappa shape index (κ2) is 6.10. The van der Waals surface area contributed by atoms with E-state index in [9.17, 15) is 4.79 Å². The van der Waals surface area contributed by atoms with E-state index in [4.69, 9.17) is 5.41 Å². The molecule has 0 radical (unpaired) electrons. The van der Waals surface area contributed by atoms with Crippen LogP contribution < -0.4 is 0 Å². The van der Waals surface area contributed by atoms with Crippen LogP contribution in [-0.2, 0) is 4.79 Å². The van der Waals surface area contributed by atoms with Gasteiger partial charge in [0.15, 0.2) is 0 Å². The van der Waals surface area contributed by atoms with Crippen molar-refractivity contribution in [3.05, 3.63) is 0 Å². The smallest absolute Gasteiger partial charge is 0.209 e. The number of rotatable bonds is 2. The van der Waals surface area contributed by atoms with Gasteiger partial charge in [0.1, 0.15) is 5.84 Å². The van der Waals surface area contributed by atoms with Crippen molar-refractivity contribution in [2.75, 3.05) is 31.9 Å². The molecule has 1 N–H and O–H groups in total. The van der Waals surface area contributed by atoms with E-state index >= 15 is 0 Å². The van der Waals surface area contributed by atoms with Gasteiger partial charge >= 0.3 is 0 Å². The molecule has 1 fully saturated rings. The number of thiol groups is 1. The van der Waals surface area contributed by atoms with Crippen molar-refractivity contribution in [2.24, 2.45) is 0 Å². The fourth-order valence-corrected chi connectivity index (χ4v) is 1.40. The van der Waals surface area contributed by atoms with E-state index in [-0.39, 0.29) is 12.4 Å². The summed E-state index contributed by atoms with van der Waals surface area (Å²) < 4.78 is 0. The molecule has 76 valence electrons. The number of halogens is 1. The second-order valence-corrected chi connectivity index (χ2v) is 3.05. The van der Waals surface area contributed by atoms with E-state index in [2.05, 4.69) is 12.6 Å². The molecule has 0 unspecified atom stereocenters. The molecule has 1 saturated heterocycles. The Bertz CT molecular complexity index is 183. The van der Waals surface area contributed by atoms with Crippen molar-refractivity contribution in [3.8, 4) is 0 Å². The van der Waals surface area contributed by atoms with Crippen LogP contribution in [0.1, 0.15) is 0 Å². The van der Waals surface area contributed by atoms with Crippen LogP contribution in [-0.4, -0.2) is 54.0 Å². The summed E-state index contributed by atoms with van der Waals surface area (Å²) in [6.45, 7) is 2.97. The molecule has 13 heavy (non-hydrogen) atoms. The average molecular weight is 224 g/mol. The van der Waals surface area contributed by atoms with E-state index in [1.54, 1.807) is 4.90 Å². The van der Waals surface area contributed by atoms with Gasteiger partial charge in [0.05, 0.1) is 0 Å². The Morgan fingerprint density at radius 1 is 1.38 bits per heavy atom. The highest BCUT2D eigenvalue weighted by atomic mass is 35.5. The van der Waals surface area contributed by atoms with Crippen LogP contribution in [0.4, 0.5) is 0 Å². The lowest BCUT2D eigenvalue weighted by molar-refractivity contribution is -0.119. The Morgan fingerprint density at radius 3 is 2.31 bits per heavy atom. The van der Waals surface area contributed by atoms with Gasteiger partial charge in [-0.25, -0.2) is 0 Å². The van der Waals surface area contributed by atoms with Gasteiger partial charge in [-0.1, -0.05) is 0 Å². The zero-order chi connectivity index (χ0) is 8.97. The lowest BCUT2D eigenvalue weighted by Crippen LogP contribution is -2.48. The minimum absolute atomic E-state index is 0. The molecule has 1 heterocycles. The first-order valence-electron chi connectivity index (χ1n) is 3.90. The maximum absolute atomic E-state index is 10.3. The quantitative estimate of drug-likeness (QED) is 0.302. The van der Waals surface area contributed by atoms with E-state index in [1.165, 1.54) is 0 Å². The third-order valence-corrected chi connectivity index (χ3v) is 2.29. The van der Waals surface area contributed by atoms with Gasteiger partial charge < -0.3 is 9.80 Å². The number of piperazine rings is 1. The topological polar surface area (TPSA) is 47.4 Å². The normalized spacial score (nSPS) is 16.4. The first kappa shape index (κ1) is 12.6. The first-order chi connectivity index (χ1) is 5.77. The largest absolute Gasteiger partial charge is 0.356 e. The number of amidine groups is 1. The molecule has 0 aliphatic carbocycles. The average Bonchev–Trinajstić information content (AvgIpc) is 2.17. The van der Waals surface area contributed by atoms with Crippen LogP contribution in [0, 0.1) is 5.41 Å². The number of amides is 1. The molecule has 0 aromatic rings. The predicted octanol–water partition coefficient (Wildman–Crippen LogP) is 0.0893. The monoisotopic (exact) mass is 223 g/mol. The number of hydrogen-bond donors (Lipinski definition) is 2. The summed E-state index contributed by atoms with van der Waals surface area (Å²) in [6, 6.07) is 0. The van der Waals surface area contributed by atoms with Crippen molar-refractivity contribution in [2.45, 2.75) is 0 Å². The predicted molar refractivity (Wildman–Crippen MR) is 58.0 cm³/mol. The van der Waals surface area contributed by atoms with Crippen LogP contribution in [0.2, 0.25) is 0 Å². The highest BCUT2D eigenvalue weighted by Crippen LogP contribution is 2.00. The molecule has 1 aliphatic heterocycles. The van der Waals surface area contributed by atoms with Gasteiger partial charge in [-0.2, -0.15) is 12.6 Å². The number of carbonyl (C=O) groups excluding carboxylic acids is 1. The highest BCUT2D eigenvalue weighted by molar-refractivity contribution is 7.81. The molecule has 0 atom stereocenters. The fraction of sp³-hybridized carbons (Fsp3) is 0.714. The SMILES string of the molecule is Cl.N=C(CS)N1CCN(C=O)CC1. The van der Waals surface area contributed by atoms with E-state index in [1.807, 2.05) is 4.90 Å². The van der Waals surface area contributed by atoms with Crippen LogP contribution in [0.25, 0.3) is 0 Å². The van der Waals surface area contributed by atoms with Gasteiger partial charge in [0.25, 0.3) is 0 Å². The molecule has 0 aromatic carbocycles.